The highest BCUT2D eigenvalue weighted by Gasteiger charge is 2.16. The standard InChI is InChI=1S/C16H17BrClNO/c1-10-4-6-13(17)12(8-10)16(19-2)11-5-7-15(20-3)14(18)9-11/h4-9,16,19H,1-3H3. The Labute approximate surface area is 133 Å². The summed E-state index contributed by atoms with van der Waals surface area (Å²) < 4.78 is 6.28. The van der Waals surface area contributed by atoms with Crippen LogP contribution >= 0.6 is 27.5 Å². The van der Waals surface area contributed by atoms with Gasteiger partial charge in [0.1, 0.15) is 5.75 Å². The molecule has 0 aliphatic heterocycles. The molecule has 0 saturated carbocycles. The number of halogens is 2. The van der Waals surface area contributed by atoms with E-state index in [0.29, 0.717) is 10.8 Å². The van der Waals surface area contributed by atoms with Crippen LogP contribution in [0.5, 0.6) is 5.75 Å². The lowest BCUT2D eigenvalue weighted by Crippen LogP contribution is -2.18. The van der Waals surface area contributed by atoms with Crippen molar-refractivity contribution >= 4 is 27.5 Å². The molecule has 0 aliphatic carbocycles. The monoisotopic (exact) mass is 353 g/mol. The third-order valence-electron chi connectivity index (χ3n) is 3.26. The van der Waals surface area contributed by atoms with E-state index >= 15 is 0 Å². The van der Waals surface area contributed by atoms with Crippen molar-refractivity contribution in [3.63, 3.8) is 0 Å². The number of hydrogen-bond acceptors (Lipinski definition) is 2. The molecule has 20 heavy (non-hydrogen) atoms. The molecule has 0 aliphatic rings. The average Bonchev–Trinajstić information content (AvgIpc) is 2.44. The zero-order valence-corrected chi connectivity index (χ0v) is 14.0. The Bertz CT molecular complexity index is 615. The van der Waals surface area contributed by atoms with Crippen molar-refractivity contribution in [3.8, 4) is 5.75 Å². The van der Waals surface area contributed by atoms with Gasteiger partial charge in [0.2, 0.25) is 0 Å². The smallest absolute Gasteiger partial charge is 0.137 e. The Morgan fingerprint density at radius 3 is 2.55 bits per heavy atom. The van der Waals surface area contributed by atoms with Crippen LogP contribution in [0.2, 0.25) is 5.02 Å². The summed E-state index contributed by atoms with van der Waals surface area (Å²) in [6, 6.07) is 12.3. The number of benzene rings is 2. The highest BCUT2D eigenvalue weighted by atomic mass is 79.9. The van der Waals surface area contributed by atoms with Crippen molar-refractivity contribution < 1.29 is 4.74 Å². The predicted molar refractivity (Wildman–Crippen MR) is 87.8 cm³/mol. The van der Waals surface area contributed by atoms with E-state index in [-0.39, 0.29) is 6.04 Å². The molecule has 0 heterocycles. The van der Waals surface area contributed by atoms with Gasteiger partial charge in [0, 0.05) is 4.47 Å². The molecule has 4 heteroatoms. The number of ether oxygens (including phenoxy) is 1. The number of rotatable bonds is 4. The molecule has 0 spiro atoms. The number of aryl methyl sites for hydroxylation is 1. The zero-order chi connectivity index (χ0) is 14.7. The second kappa shape index (κ2) is 6.61. The van der Waals surface area contributed by atoms with Crippen LogP contribution in [0.25, 0.3) is 0 Å². The van der Waals surface area contributed by atoms with Crippen molar-refractivity contribution in [2.45, 2.75) is 13.0 Å². The van der Waals surface area contributed by atoms with E-state index in [4.69, 9.17) is 16.3 Å². The average molecular weight is 355 g/mol. The molecule has 2 nitrogen and oxygen atoms in total. The molecule has 0 radical (unpaired) electrons. The highest BCUT2D eigenvalue weighted by Crippen LogP contribution is 2.33. The van der Waals surface area contributed by atoms with E-state index < -0.39 is 0 Å². The van der Waals surface area contributed by atoms with Crippen molar-refractivity contribution in [1.82, 2.24) is 5.32 Å². The van der Waals surface area contributed by atoms with E-state index in [2.05, 4.69) is 46.4 Å². The molecule has 0 bridgehead atoms. The van der Waals surface area contributed by atoms with E-state index in [1.807, 2.05) is 25.2 Å². The van der Waals surface area contributed by atoms with E-state index in [1.165, 1.54) is 11.1 Å². The summed E-state index contributed by atoms with van der Waals surface area (Å²) in [5.74, 6) is 0.688. The third kappa shape index (κ3) is 3.17. The van der Waals surface area contributed by atoms with Gasteiger partial charge in [0.25, 0.3) is 0 Å². The van der Waals surface area contributed by atoms with E-state index in [0.717, 1.165) is 10.0 Å². The second-order valence-corrected chi connectivity index (χ2v) is 5.90. The molecule has 106 valence electrons. The summed E-state index contributed by atoms with van der Waals surface area (Å²) in [5, 5.41) is 3.96. The van der Waals surface area contributed by atoms with Crippen molar-refractivity contribution in [1.29, 1.82) is 0 Å². The second-order valence-electron chi connectivity index (χ2n) is 4.64. The summed E-state index contributed by atoms with van der Waals surface area (Å²) in [6.45, 7) is 2.09. The molecule has 1 N–H and O–H groups in total. The topological polar surface area (TPSA) is 21.3 Å². The molecule has 1 unspecified atom stereocenters. The maximum atomic E-state index is 6.22. The Hall–Kier alpha value is -1.03. The van der Waals surface area contributed by atoms with Crippen LogP contribution in [0.1, 0.15) is 22.7 Å². The fraction of sp³-hybridized carbons (Fsp3) is 0.250. The lowest BCUT2D eigenvalue weighted by atomic mass is 9.97. The van der Waals surface area contributed by atoms with Gasteiger partial charge < -0.3 is 10.1 Å². The Morgan fingerprint density at radius 2 is 1.95 bits per heavy atom. The minimum Gasteiger partial charge on any atom is -0.495 e. The minimum absolute atomic E-state index is 0.0766. The first-order chi connectivity index (χ1) is 9.56. The summed E-state index contributed by atoms with van der Waals surface area (Å²) in [7, 11) is 3.56. The summed E-state index contributed by atoms with van der Waals surface area (Å²) >= 11 is 9.84. The quantitative estimate of drug-likeness (QED) is 0.857. The summed E-state index contributed by atoms with van der Waals surface area (Å²) in [5.41, 5.74) is 3.52. The van der Waals surface area contributed by atoms with E-state index in [9.17, 15) is 0 Å². The van der Waals surface area contributed by atoms with Gasteiger partial charge in [-0.05, 0) is 43.3 Å². The molecule has 0 aromatic heterocycles. The molecule has 2 aromatic rings. The van der Waals surface area contributed by atoms with Gasteiger partial charge in [0.05, 0.1) is 18.2 Å². The van der Waals surface area contributed by atoms with Gasteiger partial charge in [-0.15, -0.1) is 0 Å². The highest BCUT2D eigenvalue weighted by molar-refractivity contribution is 9.10. The molecule has 1 atom stereocenters. The van der Waals surface area contributed by atoms with Gasteiger partial charge in [-0.1, -0.05) is 51.3 Å². The minimum atomic E-state index is 0.0766. The Balaban J connectivity index is 2.46. The van der Waals surface area contributed by atoms with Crippen LogP contribution in [-0.4, -0.2) is 14.2 Å². The molecule has 2 rings (SSSR count). The van der Waals surface area contributed by atoms with Crippen LogP contribution in [0.15, 0.2) is 40.9 Å². The summed E-state index contributed by atoms with van der Waals surface area (Å²) in [6.07, 6.45) is 0. The summed E-state index contributed by atoms with van der Waals surface area (Å²) in [4.78, 5) is 0. The van der Waals surface area contributed by atoms with Crippen LogP contribution in [0, 0.1) is 6.92 Å². The van der Waals surface area contributed by atoms with Gasteiger partial charge in [-0.3, -0.25) is 0 Å². The molecule has 2 aromatic carbocycles. The van der Waals surface area contributed by atoms with Gasteiger partial charge in [-0.25, -0.2) is 0 Å². The van der Waals surface area contributed by atoms with Crippen molar-refractivity contribution in [3.05, 3.63) is 62.6 Å². The lowest BCUT2D eigenvalue weighted by molar-refractivity contribution is 0.414. The van der Waals surface area contributed by atoms with Crippen LogP contribution < -0.4 is 10.1 Å². The molecule has 0 fully saturated rings. The molecule has 0 saturated heterocycles. The first-order valence-corrected chi connectivity index (χ1v) is 7.50. The van der Waals surface area contributed by atoms with Crippen LogP contribution in [0.4, 0.5) is 0 Å². The molecular formula is C16H17BrClNO. The molecule has 0 amide bonds. The normalized spacial score (nSPS) is 12.2. The van der Waals surface area contributed by atoms with E-state index in [1.54, 1.807) is 7.11 Å². The SMILES string of the molecule is CNC(c1ccc(OC)c(Cl)c1)c1cc(C)ccc1Br. The van der Waals surface area contributed by atoms with Gasteiger partial charge >= 0.3 is 0 Å². The van der Waals surface area contributed by atoms with Crippen molar-refractivity contribution in [2.24, 2.45) is 0 Å². The first kappa shape index (κ1) is 15.4. The predicted octanol–water partition coefficient (Wildman–Crippen LogP) is 4.73. The number of hydrogen-bond donors (Lipinski definition) is 1. The maximum absolute atomic E-state index is 6.22. The number of nitrogens with one attached hydrogen (secondary N) is 1. The Kier molecular flexibility index (Phi) is 5.08. The lowest BCUT2D eigenvalue weighted by Gasteiger charge is -2.20. The van der Waals surface area contributed by atoms with Crippen LogP contribution in [-0.2, 0) is 0 Å². The fourth-order valence-corrected chi connectivity index (χ4v) is 2.99. The zero-order valence-electron chi connectivity index (χ0n) is 11.7. The largest absolute Gasteiger partial charge is 0.495 e. The fourth-order valence-electron chi connectivity index (χ4n) is 2.25. The first-order valence-electron chi connectivity index (χ1n) is 6.33. The Morgan fingerprint density at radius 1 is 1.20 bits per heavy atom. The number of methoxy groups -OCH3 is 1. The third-order valence-corrected chi connectivity index (χ3v) is 4.28. The van der Waals surface area contributed by atoms with Crippen LogP contribution in [0.3, 0.4) is 0 Å². The van der Waals surface area contributed by atoms with Gasteiger partial charge in [-0.2, -0.15) is 0 Å². The molecular weight excluding hydrogens is 338 g/mol. The van der Waals surface area contributed by atoms with Crippen molar-refractivity contribution in [2.75, 3.05) is 14.2 Å². The van der Waals surface area contributed by atoms with Gasteiger partial charge in [0.15, 0.2) is 0 Å². The maximum Gasteiger partial charge on any atom is 0.137 e.